The van der Waals surface area contributed by atoms with Crippen molar-refractivity contribution in [3.05, 3.63) is 95.4 Å². The minimum Gasteiger partial charge on any atom is -0.469 e. The normalized spacial score (nSPS) is 10.5. The predicted molar refractivity (Wildman–Crippen MR) is 127 cm³/mol. The number of nitrogens with zero attached hydrogens (tertiary/aromatic N) is 3. The van der Waals surface area contributed by atoms with Gasteiger partial charge in [0.15, 0.2) is 4.77 Å². The monoisotopic (exact) mass is 439 g/mol. The van der Waals surface area contributed by atoms with Crippen LogP contribution in [0.1, 0.15) is 12.0 Å². The van der Waals surface area contributed by atoms with Gasteiger partial charge in [-0.3, -0.25) is 9.36 Å². The number of esters is 1. The molecule has 0 amide bonds. The zero-order chi connectivity index (χ0) is 22.5. The lowest BCUT2D eigenvalue weighted by atomic mass is 10.0. The summed E-state index contributed by atoms with van der Waals surface area (Å²) >= 11 is 5.76. The summed E-state index contributed by atoms with van der Waals surface area (Å²) in [6.45, 7) is 0.446. The largest absolute Gasteiger partial charge is 0.469 e. The minimum atomic E-state index is -0.271. The molecule has 32 heavy (non-hydrogen) atoms. The van der Waals surface area contributed by atoms with Gasteiger partial charge in [-0.25, -0.2) is 0 Å². The Balaban J connectivity index is 1.73. The molecule has 0 saturated heterocycles. The number of hydrogen-bond donors (Lipinski definition) is 0. The van der Waals surface area contributed by atoms with E-state index in [4.69, 9.17) is 22.2 Å². The van der Waals surface area contributed by atoms with Crippen molar-refractivity contribution in [2.24, 2.45) is 0 Å². The first kappa shape index (κ1) is 21.3. The Morgan fingerprint density at radius 1 is 0.938 bits per heavy atom. The van der Waals surface area contributed by atoms with E-state index in [0.29, 0.717) is 16.9 Å². The second-order valence-electron chi connectivity index (χ2n) is 7.25. The van der Waals surface area contributed by atoms with E-state index in [-0.39, 0.29) is 12.4 Å². The van der Waals surface area contributed by atoms with Crippen LogP contribution in [0.4, 0.5) is 0 Å². The Hall–Kier alpha value is -3.95. The molecule has 0 saturated carbocycles. The van der Waals surface area contributed by atoms with Crippen molar-refractivity contribution in [2.75, 3.05) is 7.11 Å². The molecule has 0 unspecified atom stereocenters. The number of aryl methyl sites for hydroxylation is 1. The number of carbonyl (C=O) groups is 1. The molecule has 0 radical (unpaired) electrons. The molecule has 0 bridgehead atoms. The summed E-state index contributed by atoms with van der Waals surface area (Å²) in [6.07, 6.45) is 2.23. The van der Waals surface area contributed by atoms with E-state index in [1.807, 2.05) is 69.9 Å². The fourth-order valence-corrected chi connectivity index (χ4v) is 3.91. The Morgan fingerprint density at radius 3 is 2.12 bits per heavy atom. The SMILES string of the molecule is COC(=O)CCn1cc(-c2ccc(-c3ccc(C#N)cc3)cc2)n(-c2ccccc2)c1=S. The van der Waals surface area contributed by atoms with Crippen molar-refractivity contribution in [3.63, 3.8) is 0 Å². The van der Waals surface area contributed by atoms with Crippen molar-refractivity contribution in [1.29, 1.82) is 5.26 Å². The van der Waals surface area contributed by atoms with Crippen molar-refractivity contribution in [3.8, 4) is 34.1 Å². The van der Waals surface area contributed by atoms with Gasteiger partial charge in [0.05, 0.1) is 30.9 Å². The maximum atomic E-state index is 11.6. The smallest absolute Gasteiger partial charge is 0.307 e. The van der Waals surface area contributed by atoms with E-state index >= 15 is 0 Å². The van der Waals surface area contributed by atoms with Crippen LogP contribution in [-0.2, 0) is 16.1 Å². The number of para-hydroxylation sites is 1. The molecular formula is C26H21N3O2S. The molecular weight excluding hydrogens is 418 g/mol. The quantitative estimate of drug-likeness (QED) is 0.282. The Morgan fingerprint density at radius 2 is 1.53 bits per heavy atom. The summed E-state index contributed by atoms with van der Waals surface area (Å²) in [5, 5.41) is 9.00. The molecule has 1 aromatic heterocycles. The van der Waals surface area contributed by atoms with Crippen LogP contribution < -0.4 is 0 Å². The number of ether oxygens (including phenoxy) is 1. The molecule has 0 fully saturated rings. The first-order valence-corrected chi connectivity index (χ1v) is 10.6. The maximum Gasteiger partial charge on any atom is 0.307 e. The number of nitriles is 1. The first-order valence-electron chi connectivity index (χ1n) is 10.2. The second kappa shape index (κ2) is 9.46. The van der Waals surface area contributed by atoms with Crippen molar-refractivity contribution >= 4 is 18.2 Å². The summed E-state index contributed by atoms with van der Waals surface area (Å²) in [6, 6.07) is 27.8. The van der Waals surface area contributed by atoms with Gasteiger partial charge in [0.2, 0.25) is 0 Å². The maximum absolute atomic E-state index is 11.6. The van der Waals surface area contributed by atoms with Crippen molar-refractivity contribution in [2.45, 2.75) is 13.0 Å². The summed E-state index contributed by atoms with van der Waals surface area (Å²) < 4.78 is 9.32. The minimum absolute atomic E-state index is 0.251. The van der Waals surface area contributed by atoms with Gasteiger partial charge in [-0.1, -0.05) is 54.6 Å². The zero-order valence-corrected chi connectivity index (χ0v) is 18.4. The summed E-state index contributed by atoms with van der Waals surface area (Å²) in [5.74, 6) is -0.271. The van der Waals surface area contributed by atoms with Gasteiger partial charge in [0, 0.05) is 24.0 Å². The molecule has 0 aliphatic heterocycles. The molecule has 5 nitrogen and oxygen atoms in total. The molecule has 4 rings (SSSR count). The zero-order valence-electron chi connectivity index (χ0n) is 17.6. The predicted octanol–water partition coefficient (Wildman–Crippen LogP) is 5.78. The van der Waals surface area contributed by atoms with Crippen LogP contribution >= 0.6 is 12.2 Å². The van der Waals surface area contributed by atoms with Crippen LogP contribution in [0.25, 0.3) is 28.1 Å². The highest BCUT2D eigenvalue weighted by Gasteiger charge is 2.14. The van der Waals surface area contributed by atoms with Crippen LogP contribution in [0.15, 0.2) is 85.1 Å². The molecule has 0 N–H and O–H groups in total. The van der Waals surface area contributed by atoms with Crippen LogP contribution in [0.3, 0.4) is 0 Å². The topological polar surface area (TPSA) is 59.9 Å². The number of hydrogen-bond acceptors (Lipinski definition) is 4. The lowest BCUT2D eigenvalue weighted by Crippen LogP contribution is -2.07. The molecule has 0 aliphatic rings. The van der Waals surface area contributed by atoms with Gasteiger partial charge >= 0.3 is 5.97 Å². The van der Waals surface area contributed by atoms with E-state index in [0.717, 1.165) is 28.1 Å². The van der Waals surface area contributed by atoms with Crippen molar-refractivity contribution < 1.29 is 9.53 Å². The molecule has 6 heteroatoms. The molecule has 0 atom stereocenters. The number of aromatic nitrogens is 2. The molecule has 0 aliphatic carbocycles. The van der Waals surface area contributed by atoms with Gasteiger partial charge in [-0.15, -0.1) is 0 Å². The highest BCUT2D eigenvalue weighted by molar-refractivity contribution is 7.71. The third-order valence-electron chi connectivity index (χ3n) is 5.28. The lowest BCUT2D eigenvalue weighted by Gasteiger charge is -2.09. The third kappa shape index (κ3) is 4.39. The standard InChI is InChI=1S/C26H21N3O2S/c1-31-25(30)15-16-28-18-24(29(26(28)32)23-5-3-2-4-6-23)22-13-11-21(12-14-22)20-9-7-19(17-27)8-10-20/h2-14,18H,15-16H2,1H3. The van der Waals surface area contributed by atoms with Crippen LogP contribution in [0.2, 0.25) is 0 Å². The number of imidazole rings is 1. The molecule has 0 spiro atoms. The highest BCUT2D eigenvalue weighted by atomic mass is 32.1. The molecule has 1 heterocycles. The number of benzene rings is 3. The average Bonchev–Trinajstić information content (AvgIpc) is 3.19. The van der Waals surface area contributed by atoms with E-state index in [1.165, 1.54) is 7.11 Å². The number of methoxy groups -OCH3 is 1. The second-order valence-corrected chi connectivity index (χ2v) is 7.62. The van der Waals surface area contributed by atoms with Gasteiger partial charge in [-0.2, -0.15) is 5.26 Å². The van der Waals surface area contributed by atoms with Crippen molar-refractivity contribution in [1.82, 2.24) is 9.13 Å². The Labute approximate surface area is 191 Å². The summed E-state index contributed by atoms with van der Waals surface area (Å²) in [4.78, 5) is 11.6. The van der Waals surface area contributed by atoms with E-state index in [2.05, 4.69) is 30.3 Å². The molecule has 158 valence electrons. The van der Waals surface area contributed by atoms with E-state index in [9.17, 15) is 4.79 Å². The van der Waals surface area contributed by atoms with E-state index in [1.54, 1.807) is 0 Å². The average molecular weight is 440 g/mol. The fraction of sp³-hybridized carbons (Fsp3) is 0.115. The van der Waals surface area contributed by atoms with Gasteiger partial charge in [-0.05, 0) is 47.6 Å². The lowest BCUT2D eigenvalue weighted by molar-refractivity contribution is -0.140. The molecule has 3 aromatic carbocycles. The molecule has 4 aromatic rings. The first-order chi connectivity index (χ1) is 15.6. The number of carbonyl (C=O) groups excluding carboxylic acids is 1. The third-order valence-corrected chi connectivity index (χ3v) is 5.70. The highest BCUT2D eigenvalue weighted by Crippen LogP contribution is 2.28. The fourth-order valence-electron chi connectivity index (χ4n) is 3.57. The Bertz CT molecular complexity index is 1330. The van der Waals surface area contributed by atoms with Gasteiger partial charge in [0.1, 0.15) is 0 Å². The van der Waals surface area contributed by atoms with Crippen LogP contribution in [0, 0.1) is 16.1 Å². The summed E-state index contributed by atoms with van der Waals surface area (Å²) in [7, 11) is 1.39. The Kier molecular flexibility index (Phi) is 6.29. The van der Waals surface area contributed by atoms with Gasteiger partial charge in [0.25, 0.3) is 0 Å². The number of rotatable bonds is 6. The van der Waals surface area contributed by atoms with Crippen LogP contribution in [0.5, 0.6) is 0 Å². The summed E-state index contributed by atoms with van der Waals surface area (Å²) in [5.41, 5.74) is 5.66. The van der Waals surface area contributed by atoms with Gasteiger partial charge < -0.3 is 9.30 Å². The van der Waals surface area contributed by atoms with Crippen LogP contribution in [-0.4, -0.2) is 22.2 Å². The van der Waals surface area contributed by atoms with E-state index < -0.39 is 0 Å².